The van der Waals surface area contributed by atoms with Gasteiger partial charge in [0, 0.05) is 6.54 Å². The second-order valence-corrected chi connectivity index (χ2v) is 24.5. The molecule has 0 amide bonds. The Kier molecular flexibility index (Phi) is 27.8. The quantitative estimate of drug-likeness (QED) is 0.176. The van der Waals surface area contributed by atoms with E-state index in [1.54, 1.807) is 0 Å². The van der Waals surface area contributed by atoms with Gasteiger partial charge in [0.15, 0.2) is 0 Å². The monoisotopic (exact) mass is 1290 g/mol. The molecule has 17 heteroatoms. The van der Waals surface area contributed by atoms with Gasteiger partial charge < -0.3 is 74.9 Å². The molecule has 4 N–H and O–H groups in total. The van der Waals surface area contributed by atoms with E-state index in [0.29, 0.717) is 36.1 Å². The molecular formula is C56H100Ag3N14-5. The molecule has 73 heavy (non-hydrogen) atoms. The Morgan fingerprint density at radius 1 is 0.301 bits per heavy atom. The zero-order valence-electron chi connectivity index (χ0n) is 45.0. The Labute approximate surface area is 492 Å². The van der Waals surface area contributed by atoms with Crippen LogP contribution in [0.25, 0.3) is 44.9 Å². The van der Waals surface area contributed by atoms with Crippen molar-refractivity contribution in [1.82, 2.24) is 30.1 Å². The van der Waals surface area contributed by atoms with E-state index in [-0.39, 0.29) is 92.0 Å². The molecule has 6 saturated carbocycles. The molecule has 0 aromatic heterocycles. The summed E-state index contributed by atoms with van der Waals surface area (Å²) in [4.78, 5) is 0. The minimum Gasteiger partial charge on any atom is -0.693 e. The number of nitrogens with two attached hydrogens (primary N) is 2. The number of rotatable bonds is 12. The standard InChI is InChI=1S/C28H49N6.C28H47N6.3Ag.2H2N/c2*1-4-10-22(11-5-1)25-16-19-32(29-25)28(33-20-17-26(30-33)23-12-6-2-7-13-23)34-21-18-27(31-34)24-14-8-3-9-15-24;;;;;/h22-28H,1-21H2;16,22-24,26-28H,1-15,17-21H2;;;;2*1H2/q2*-3;3*+1;2*-1. The van der Waals surface area contributed by atoms with Crippen LogP contribution in [0.1, 0.15) is 225 Å². The summed E-state index contributed by atoms with van der Waals surface area (Å²) in [6.45, 7) is 6.33. The van der Waals surface area contributed by atoms with Crippen LogP contribution in [0.4, 0.5) is 0 Å². The second-order valence-electron chi connectivity index (χ2n) is 24.5. The van der Waals surface area contributed by atoms with Crippen molar-refractivity contribution in [2.24, 2.45) is 35.5 Å². The van der Waals surface area contributed by atoms with Gasteiger partial charge in [-0.3, -0.25) is 0 Å². The van der Waals surface area contributed by atoms with E-state index in [0.717, 1.165) is 68.9 Å². The molecule has 5 unspecified atom stereocenters. The van der Waals surface area contributed by atoms with E-state index in [9.17, 15) is 0 Å². The number of hydrogen-bond donors (Lipinski definition) is 0. The van der Waals surface area contributed by atoms with E-state index in [1.165, 1.54) is 230 Å². The first-order valence-corrected chi connectivity index (χ1v) is 30.3. The molecule has 0 aromatic carbocycles. The fourth-order valence-corrected chi connectivity index (χ4v) is 16.1. The number of allylic oxidation sites excluding steroid dienone is 1. The number of hydrogen-bond acceptors (Lipinski definition) is 6. The van der Waals surface area contributed by atoms with Gasteiger partial charge in [-0.15, -0.1) is 30.2 Å². The summed E-state index contributed by atoms with van der Waals surface area (Å²) < 4.78 is 0. The van der Waals surface area contributed by atoms with Crippen LogP contribution in [-0.4, -0.2) is 112 Å². The summed E-state index contributed by atoms with van der Waals surface area (Å²) >= 11 is 0. The van der Waals surface area contributed by atoms with Crippen LogP contribution < -0.4 is 0 Å². The second kappa shape index (κ2) is 32.0. The van der Waals surface area contributed by atoms with Crippen LogP contribution in [0.15, 0.2) is 11.8 Å². The third-order valence-electron chi connectivity index (χ3n) is 20.1. The molecule has 11 fully saturated rings. The van der Waals surface area contributed by atoms with Gasteiger partial charge in [0.2, 0.25) is 0 Å². The first-order chi connectivity index (χ1) is 33.7. The summed E-state index contributed by atoms with van der Waals surface area (Å²) in [6, 6.07) is 2.66. The largest absolute Gasteiger partial charge is 1.00 e. The smallest absolute Gasteiger partial charge is 0.693 e. The van der Waals surface area contributed by atoms with Crippen molar-refractivity contribution in [1.29, 1.82) is 0 Å². The van der Waals surface area contributed by atoms with Crippen LogP contribution in [0.5, 0.6) is 0 Å². The van der Waals surface area contributed by atoms with Gasteiger partial charge in [-0.2, -0.15) is 5.70 Å². The molecule has 12 rings (SSSR count). The molecule has 12 aliphatic rings. The topological polar surface area (TPSA) is 171 Å². The van der Waals surface area contributed by atoms with Crippen molar-refractivity contribution >= 4 is 0 Å². The fourth-order valence-electron chi connectivity index (χ4n) is 16.1. The van der Waals surface area contributed by atoms with E-state index < -0.39 is 0 Å². The van der Waals surface area contributed by atoms with E-state index in [4.69, 9.17) is 32.6 Å². The van der Waals surface area contributed by atoms with E-state index in [1.807, 2.05) is 0 Å². The summed E-state index contributed by atoms with van der Waals surface area (Å²) in [6.07, 6.45) is 50.7. The van der Waals surface area contributed by atoms with Crippen molar-refractivity contribution in [2.75, 3.05) is 39.3 Å². The van der Waals surface area contributed by atoms with Gasteiger partial charge >= 0.3 is 67.1 Å². The third kappa shape index (κ3) is 16.3. The van der Waals surface area contributed by atoms with Crippen molar-refractivity contribution in [2.45, 2.75) is 268 Å². The summed E-state index contributed by atoms with van der Waals surface area (Å²) in [5.74, 6) is 4.73. The molecule has 6 aliphatic heterocycles. The average Bonchev–Trinajstić information content (AvgIpc) is 4.29. The molecule has 0 aromatic rings. The maximum Gasteiger partial charge on any atom is 1.00 e. The molecule has 0 spiro atoms. The Morgan fingerprint density at radius 3 is 0.795 bits per heavy atom. The Morgan fingerprint density at radius 2 is 0.534 bits per heavy atom. The van der Waals surface area contributed by atoms with Gasteiger partial charge in [-0.1, -0.05) is 248 Å². The van der Waals surface area contributed by atoms with E-state index in [2.05, 4.69) is 36.1 Å². The molecule has 14 nitrogen and oxygen atoms in total. The van der Waals surface area contributed by atoms with Crippen LogP contribution in [0.2, 0.25) is 0 Å². The fraction of sp³-hybridized carbons (Fsp3) is 0.964. The predicted molar refractivity (Wildman–Crippen MR) is 288 cm³/mol. The maximum atomic E-state index is 5.41. The normalized spacial score (nSPS) is 33.8. The van der Waals surface area contributed by atoms with Crippen LogP contribution in [0, 0.1) is 35.5 Å². The van der Waals surface area contributed by atoms with Gasteiger partial charge in [-0.25, -0.2) is 0 Å². The first-order valence-electron chi connectivity index (χ1n) is 30.3. The van der Waals surface area contributed by atoms with E-state index >= 15 is 0 Å². The third-order valence-corrected chi connectivity index (χ3v) is 20.1. The van der Waals surface area contributed by atoms with Crippen molar-refractivity contribution in [3.63, 3.8) is 0 Å². The Hall–Kier alpha value is 1.24. The van der Waals surface area contributed by atoms with Crippen molar-refractivity contribution in [3.05, 3.63) is 56.6 Å². The minimum absolute atomic E-state index is 0. The molecule has 5 atom stereocenters. The predicted octanol–water partition coefficient (Wildman–Crippen LogP) is 15.8. The summed E-state index contributed by atoms with van der Waals surface area (Å²) in [7, 11) is 0. The minimum atomic E-state index is 0. The van der Waals surface area contributed by atoms with Gasteiger partial charge in [0.05, 0.1) is 12.6 Å². The maximum absolute atomic E-state index is 5.41. The Balaban J connectivity index is 0.000000223. The van der Waals surface area contributed by atoms with Gasteiger partial charge in [0.25, 0.3) is 0 Å². The van der Waals surface area contributed by atoms with Gasteiger partial charge in [-0.05, 0) is 51.5 Å². The summed E-state index contributed by atoms with van der Waals surface area (Å²) in [5, 5.41) is 14.5. The molecule has 432 valence electrons. The molecule has 5 saturated heterocycles. The molecule has 0 radical (unpaired) electrons. The van der Waals surface area contributed by atoms with Crippen LogP contribution in [0.3, 0.4) is 0 Å². The molecule has 6 aliphatic carbocycles. The zero-order valence-corrected chi connectivity index (χ0v) is 49.4. The average molecular weight is 1290 g/mol. The zero-order chi connectivity index (χ0) is 45.5. The summed E-state index contributed by atoms with van der Waals surface area (Å²) in [5.41, 5.74) is 33.6. The number of nitrogens with zero attached hydrogens (tertiary/aromatic N) is 12. The van der Waals surface area contributed by atoms with Crippen molar-refractivity contribution in [3.8, 4) is 0 Å². The van der Waals surface area contributed by atoms with Crippen LogP contribution in [-0.2, 0) is 67.1 Å². The van der Waals surface area contributed by atoms with Gasteiger partial charge in [0.1, 0.15) is 0 Å². The SMILES string of the molecule is C1=C(C2CCCCC2)[N-]N(C(N2CCC(C3CCCCC3)[N-]2)N2CCC(C3CCCCC3)[N-]2)C1.C1CCC(C2CCN(C(N3CCC(C4CCCCC4)[N-]3)N3CCC(C4CCCCC4)[N-]3)[N-]2)CC1.[Ag+].[Ag+].[Ag+].[NH2-].[NH2-]. The molecule has 0 bridgehead atoms. The van der Waals surface area contributed by atoms with Crippen LogP contribution >= 0.6 is 0 Å². The Bertz CT molecular complexity index is 1340. The molecular weight excluding hydrogens is 1190 g/mol. The first kappa shape index (κ1) is 63.4. The molecule has 6 heterocycles. The van der Waals surface area contributed by atoms with Crippen molar-refractivity contribution < 1.29 is 67.1 Å².